The maximum atomic E-state index is 13.8. The lowest BCUT2D eigenvalue weighted by molar-refractivity contribution is -0.149. The zero-order valence-corrected chi connectivity index (χ0v) is 26.9. The van der Waals surface area contributed by atoms with Gasteiger partial charge in [0, 0.05) is 5.56 Å². The number of nitrogens with zero attached hydrogens (tertiary/aromatic N) is 3. The zero-order chi connectivity index (χ0) is 32.0. The van der Waals surface area contributed by atoms with Crippen molar-refractivity contribution in [2.75, 3.05) is 19.8 Å². The summed E-state index contributed by atoms with van der Waals surface area (Å²) in [5.74, 6) is 1.39. The van der Waals surface area contributed by atoms with Gasteiger partial charge in [-0.2, -0.15) is 9.78 Å². The SMILES string of the molecule is CCOc1cc(C)c(-c2nc3ccccc3c(=O)n2N=Cc2cc(Cl)c(OCC(=O)OC(C)C)c(OCC)c2)cc1C(C)C. The molecule has 0 saturated heterocycles. The number of carbonyl (C=O) groups excluding carboxylic acids is 1. The van der Waals surface area contributed by atoms with Crippen molar-refractivity contribution < 1.29 is 23.7 Å². The first-order chi connectivity index (χ1) is 21.0. The predicted molar refractivity (Wildman–Crippen MR) is 174 cm³/mol. The molecule has 9 nitrogen and oxygen atoms in total. The number of benzene rings is 3. The highest BCUT2D eigenvalue weighted by atomic mass is 35.5. The molecule has 3 aromatic carbocycles. The van der Waals surface area contributed by atoms with E-state index in [0.29, 0.717) is 41.3 Å². The molecular formula is C34H38ClN3O6. The first kappa shape index (κ1) is 32.5. The van der Waals surface area contributed by atoms with Crippen LogP contribution in [0.4, 0.5) is 0 Å². The van der Waals surface area contributed by atoms with Crippen molar-refractivity contribution >= 4 is 34.7 Å². The fourth-order valence-electron chi connectivity index (χ4n) is 4.69. The molecule has 0 unspecified atom stereocenters. The van der Waals surface area contributed by atoms with Gasteiger partial charge in [-0.3, -0.25) is 4.79 Å². The Bertz CT molecular complexity index is 1750. The summed E-state index contributed by atoms with van der Waals surface area (Å²) in [6.07, 6.45) is 1.24. The van der Waals surface area contributed by atoms with Crippen LogP contribution < -0.4 is 19.8 Å². The second-order valence-corrected chi connectivity index (χ2v) is 11.1. The van der Waals surface area contributed by atoms with E-state index in [9.17, 15) is 9.59 Å². The lowest BCUT2D eigenvalue weighted by atomic mass is 9.96. The number of aromatic nitrogens is 2. The molecule has 0 aliphatic heterocycles. The van der Waals surface area contributed by atoms with Gasteiger partial charge in [-0.25, -0.2) is 9.78 Å². The predicted octanol–water partition coefficient (Wildman–Crippen LogP) is 7.16. The average Bonchev–Trinajstić information content (AvgIpc) is 2.96. The molecule has 0 aliphatic carbocycles. The molecule has 0 atom stereocenters. The molecular weight excluding hydrogens is 582 g/mol. The van der Waals surface area contributed by atoms with Crippen LogP contribution >= 0.6 is 11.6 Å². The molecule has 1 aromatic heterocycles. The first-order valence-electron chi connectivity index (χ1n) is 14.7. The monoisotopic (exact) mass is 619 g/mol. The number of fused-ring (bicyclic) bond motifs is 1. The van der Waals surface area contributed by atoms with Crippen LogP contribution in [0.2, 0.25) is 5.02 Å². The number of para-hydroxylation sites is 1. The molecule has 0 N–H and O–H groups in total. The smallest absolute Gasteiger partial charge is 0.344 e. The number of halogens is 1. The van der Waals surface area contributed by atoms with Crippen LogP contribution in [0.5, 0.6) is 17.2 Å². The van der Waals surface area contributed by atoms with E-state index in [1.54, 1.807) is 38.1 Å². The van der Waals surface area contributed by atoms with Gasteiger partial charge in [0.1, 0.15) is 5.75 Å². The Kier molecular flexibility index (Phi) is 10.7. The van der Waals surface area contributed by atoms with E-state index in [-0.39, 0.29) is 35.0 Å². The van der Waals surface area contributed by atoms with Crippen molar-refractivity contribution in [2.24, 2.45) is 5.10 Å². The summed E-state index contributed by atoms with van der Waals surface area (Å²) in [7, 11) is 0. The van der Waals surface area contributed by atoms with Crippen LogP contribution in [0.25, 0.3) is 22.3 Å². The topological polar surface area (TPSA) is 101 Å². The van der Waals surface area contributed by atoms with Crippen molar-refractivity contribution in [1.29, 1.82) is 0 Å². The average molecular weight is 620 g/mol. The zero-order valence-electron chi connectivity index (χ0n) is 26.1. The Hall–Kier alpha value is -4.37. The minimum Gasteiger partial charge on any atom is -0.494 e. The number of ether oxygens (including phenoxy) is 4. The summed E-state index contributed by atoms with van der Waals surface area (Å²) < 4.78 is 23.8. The highest BCUT2D eigenvalue weighted by molar-refractivity contribution is 6.32. The van der Waals surface area contributed by atoms with Crippen molar-refractivity contribution in [2.45, 2.75) is 60.5 Å². The van der Waals surface area contributed by atoms with E-state index in [0.717, 1.165) is 22.4 Å². The van der Waals surface area contributed by atoms with Crippen molar-refractivity contribution in [1.82, 2.24) is 9.66 Å². The number of carbonyl (C=O) groups is 1. The number of esters is 1. The summed E-state index contributed by atoms with van der Waals surface area (Å²) in [5, 5.41) is 5.26. The standard InChI is InChI=1S/C34H38ClN3O6/c1-8-41-29-14-22(7)26(17-25(29)20(3)4)33-37-28-13-11-10-12-24(28)34(40)38(33)36-18-23-15-27(35)32(30(16-23)42-9-2)43-19-31(39)44-21(5)6/h10-18,20-21H,8-9,19H2,1-7H3. The molecule has 232 valence electrons. The Labute approximate surface area is 262 Å². The van der Waals surface area contributed by atoms with Gasteiger partial charge >= 0.3 is 5.97 Å². The third-order valence-electron chi connectivity index (χ3n) is 6.63. The molecule has 0 fully saturated rings. The fraction of sp³-hybridized carbons (Fsp3) is 0.353. The van der Waals surface area contributed by atoms with E-state index in [4.69, 9.17) is 35.5 Å². The van der Waals surface area contributed by atoms with E-state index in [2.05, 4.69) is 18.9 Å². The van der Waals surface area contributed by atoms with E-state index in [1.165, 1.54) is 10.9 Å². The molecule has 4 rings (SSSR count). The molecule has 0 radical (unpaired) electrons. The number of rotatable bonds is 12. The minimum absolute atomic E-state index is 0.173. The molecule has 44 heavy (non-hydrogen) atoms. The van der Waals surface area contributed by atoms with E-state index in [1.807, 2.05) is 45.0 Å². The largest absolute Gasteiger partial charge is 0.494 e. The third-order valence-corrected chi connectivity index (χ3v) is 6.91. The van der Waals surface area contributed by atoms with Crippen LogP contribution in [-0.4, -0.2) is 47.8 Å². The highest BCUT2D eigenvalue weighted by Crippen LogP contribution is 2.37. The van der Waals surface area contributed by atoms with E-state index >= 15 is 0 Å². The van der Waals surface area contributed by atoms with Crippen LogP contribution in [-0.2, 0) is 9.53 Å². The maximum absolute atomic E-state index is 13.8. The second-order valence-electron chi connectivity index (χ2n) is 10.7. The summed E-state index contributed by atoms with van der Waals surface area (Å²) in [4.78, 5) is 30.8. The Morgan fingerprint density at radius 3 is 2.39 bits per heavy atom. The third kappa shape index (κ3) is 7.39. The minimum atomic E-state index is -0.523. The summed E-state index contributed by atoms with van der Waals surface area (Å²) in [6, 6.07) is 14.5. The molecule has 0 aliphatic rings. The van der Waals surface area contributed by atoms with Crippen molar-refractivity contribution in [3.63, 3.8) is 0 Å². The van der Waals surface area contributed by atoms with Crippen molar-refractivity contribution in [3.8, 4) is 28.6 Å². The lowest BCUT2D eigenvalue weighted by Crippen LogP contribution is -2.21. The highest BCUT2D eigenvalue weighted by Gasteiger charge is 2.19. The van der Waals surface area contributed by atoms with Gasteiger partial charge in [0.15, 0.2) is 23.9 Å². The van der Waals surface area contributed by atoms with Crippen LogP contribution in [0.15, 0.2) is 58.4 Å². The molecule has 0 saturated carbocycles. The van der Waals surface area contributed by atoms with Crippen LogP contribution in [0.3, 0.4) is 0 Å². The fourth-order valence-corrected chi connectivity index (χ4v) is 4.97. The molecule has 0 spiro atoms. The number of aryl methyl sites for hydroxylation is 1. The molecule has 0 bridgehead atoms. The summed E-state index contributed by atoms with van der Waals surface area (Å²) >= 11 is 6.57. The van der Waals surface area contributed by atoms with Gasteiger partial charge in [-0.05, 0) is 93.6 Å². The van der Waals surface area contributed by atoms with Gasteiger partial charge < -0.3 is 18.9 Å². The van der Waals surface area contributed by atoms with Gasteiger partial charge in [0.05, 0.1) is 41.5 Å². The Morgan fingerprint density at radius 1 is 1.00 bits per heavy atom. The lowest BCUT2D eigenvalue weighted by Gasteiger charge is -2.18. The molecule has 1 heterocycles. The number of hydrogen-bond donors (Lipinski definition) is 0. The van der Waals surface area contributed by atoms with Gasteiger partial charge in [0.25, 0.3) is 5.56 Å². The maximum Gasteiger partial charge on any atom is 0.344 e. The second kappa shape index (κ2) is 14.4. The normalized spacial score (nSPS) is 11.5. The first-order valence-corrected chi connectivity index (χ1v) is 15.0. The molecule has 10 heteroatoms. The molecule has 0 amide bonds. The summed E-state index contributed by atoms with van der Waals surface area (Å²) in [5.41, 5.74) is 3.46. The van der Waals surface area contributed by atoms with Gasteiger partial charge in [-0.15, -0.1) is 0 Å². The summed E-state index contributed by atoms with van der Waals surface area (Å²) in [6.45, 7) is 14.0. The quantitative estimate of drug-likeness (QED) is 0.122. The van der Waals surface area contributed by atoms with Gasteiger partial charge in [-0.1, -0.05) is 37.6 Å². The van der Waals surface area contributed by atoms with Crippen molar-refractivity contribution in [3.05, 3.63) is 80.6 Å². The Morgan fingerprint density at radius 2 is 1.70 bits per heavy atom. The van der Waals surface area contributed by atoms with Gasteiger partial charge in [0.2, 0.25) is 0 Å². The Balaban J connectivity index is 1.83. The molecule has 4 aromatic rings. The number of hydrogen-bond acceptors (Lipinski definition) is 8. The van der Waals surface area contributed by atoms with Crippen LogP contribution in [0, 0.1) is 6.92 Å². The van der Waals surface area contributed by atoms with E-state index < -0.39 is 5.97 Å². The van der Waals surface area contributed by atoms with Crippen LogP contribution in [0.1, 0.15) is 64.2 Å².